The highest BCUT2D eigenvalue weighted by atomic mass is 32.1. The maximum Gasteiger partial charge on any atom is 0.0546 e. The van der Waals surface area contributed by atoms with Gasteiger partial charge in [-0.15, -0.1) is 22.7 Å². The van der Waals surface area contributed by atoms with Crippen LogP contribution in [0, 0.1) is 6.92 Å². The van der Waals surface area contributed by atoms with Gasteiger partial charge >= 0.3 is 0 Å². The molecule has 0 saturated carbocycles. The van der Waals surface area contributed by atoms with Crippen LogP contribution >= 0.6 is 22.7 Å². The van der Waals surface area contributed by atoms with Gasteiger partial charge in [-0.25, -0.2) is 0 Å². The number of benzene rings is 9. The average molecular weight is 791 g/mol. The quantitative estimate of drug-likeness (QED) is 0.112. The molecule has 2 heterocycles. The fourth-order valence-electron chi connectivity index (χ4n) is 8.88. The third-order valence-electron chi connectivity index (χ3n) is 11.5. The van der Waals surface area contributed by atoms with Crippen molar-refractivity contribution < 1.29 is 0 Å². The normalized spacial score (nSPS) is 11.8. The Bertz CT molecular complexity index is 3430. The van der Waals surface area contributed by atoms with E-state index in [2.05, 4.69) is 211 Å². The molecule has 0 fully saturated rings. The Labute approximate surface area is 351 Å². The third-order valence-corrected chi connectivity index (χ3v) is 13.8. The van der Waals surface area contributed by atoms with Gasteiger partial charge in [0, 0.05) is 68.7 Å². The Morgan fingerprint density at radius 2 is 0.847 bits per heavy atom. The van der Waals surface area contributed by atoms with Gasteiger partial charge in [-0.2, -0.15) is 0 Å². The van der Waals surface area contributed by atoms with Crippen LogP contribution in [0.4, 0.5) is 34.1 Å². The summed E-state index contributed by atoms with van der Waals surface area (Å²) in [6.45, 7) is 6.15. The van der Waals surface area contributed by atoms with Gasteiger partial charge in [-0.1, -0.05) is 128 Å². The van der Waals surface area contributed by atoms with Crippen LogP contribution in [-0.2, 0) is 0 Å². The standard InChI is InChI=1S/C55H38N2S2/c1-3-4-21-41-36(2)58-54-30-28-39(32-49(41)54)56(37-17-7-5-8-18-37)51-34-47-43-23-12-14-25-45(43)52(35-48(47)42-22-11-13-24-44(42)51)57(38-19-9-6-10-20-38)40-29-31-55-50(33-40)46-26-15-16-27-53(46)59-55/h3-35H,1H2,2H3/b21-4-. The molecule has 11 aromatic rings. The maximum absolute atomic E-state index is 3.94. The first-order valence-electron chi connectivity index (χ1n) is 20.0. The van der Waals surface area contributed by atoms with Crippen molar-refractivity contribution in [2.75, 3.05) is 9.80 Å². The Balaban J connectivity index is 1.19. The highest BCUT2D eigenvalue weighted by Gasteiger charge is 2.23. The third kappa shape index (κ3) is 5.91. The van der Waals surface area contributed by atoms with E-state index in [-0.39, 0.29) is 0 Å². The number of allylic oxidation sites excluding steroid dienone is 2. The minimum absolute atomic E-state index is 1.11. The molecule has 9 aromatic carbocycles. The highest BCUT2D eigenvalue weighted by Crippen LogP contribution is 2.49. The molecule has 0 aliphatic rings. The van der Waals surface area contributed by atoms with E-state index in [0.717, 1.165) is 34.1 Å². The number of anilines is 6. The fourth-order valence-corrected chi connectivity index (χ4v) is 11.0. The van der Waals surface area contributed by atoms with Crippen LogP contribution in [0.25, 0.3) is 68.7 Å². The number of hydrogen-bond acceptors (Lipinski definition) is 4. The summed E-state index contributed by atoms with van der Waals surface area (Å²) in [6.07, 6.45) is 6.07. The lowest BCUT2D eigenvalue weighted by molar-refractivity contribution is 1.30. The summed E-state index contributed by atoms with van der Waals surface area (Å²) in [5, 5.41) is 11.1. The van der Waals surface area contributed by atoms with Crippen LogP contribution in [0.2, 0.25) is 0 Å². The summed E-state index contributed by atoms with van der Waals surface area (Å²) in [5.74, 6) is 0. The molecule has 0 bridgehead atoms. The lowest BCUT2D eigenvalue weighted by Gasteiger charge is -2.30. The smallest absolute Gasteiger partial charge is 0.0546 e. The largest absolute Gasteiger partial charge is 0.310 e. The van der Waals surface area contributed by atoms with E-state index in [1.54, 1.807) is 0 Å². The Hall–Kier alpha value is -6.98. The number of para-hydroxylation sites is 2. The van der Waals surface area contributed by atoms with Crippen molar-refractivity contribution in [1.29, 1.82) is 0 Å². The van der Waals surface area contributed by atoms with Crippen molar-refractivity contribution in [1.82, 2.24) is 0 Å². The van der Waals surface area contributed by atoms with E-state index in [9.17, 15) is 0 Å². The van der Waals surface area contributed by atoms with E-state index >= 15 is 0 Å². The van der Waals surface area contributed by atoms with Gasteiger partial charge in [0.15, 0.2) is 0 Å². The molecule has 0 unspecified atom stereocenters. The molecule has 4 heteroatoms. The Morgan fingerprint density at radius 1 is 0.390 bits per heavy atom. The van der Waals surface area contributed by atoms with Crippen molar-refractivity contribution in [2.45, 2.75) is 6.92 Å². The first-order valence-corrected chi connectivity index (χ1v) is 21.6. The number of fused-ring (bicyclic) bond motifs is 9. The summed E-state index contributed by atoms with van der Waals surface area (Å²) in [5.41, 5.74) is 8.01. The second-order valence-corrected chi connectivity index (χ2v) is 17.3. The molecule has 0 aliphatic carbocycles. The van der Waals surface area contributed by atoms with Gasteiger partial charge in [0.1, 0.15) is 0 Å². The lowest BCUT2D eigenvalue weighted by Crippen LogP contribution is -2.11. The topological polar surface area (TPSA) is 6.48 Å². The molecular weight excluding hydrogens is 753 g/mol. The zero-order valence-corrected chi connectivity index (χ0v) is 34.1. The van der Waals surface area contributed by atoms with Gasteiger partial charge in [-0.05, 0) is 113 Å². The predicted octanol–water partition coefficient (Wildman–Crippen LogP) is 17.2. The first-order chi connectivity index (χ1) is 29.1. The van der Waals surface area contributed by atoms with Crippen LogP contribution in [0.5, 0.6) is 0 Å². The SMILES string of the molecule is C=C/C=C\c1c(C)sc2ccc(N(c3ccccc3)c3cc4c5ccccc5c(N(c5ccccc5)c5ccc6sc7ccccc7c6c5)cc4c4ccccc34)cc12. The van der Waals surface area contributed by atoms with E-state index in [0.29, 0.717) is 0 Å². The van der Waals surface area contributed by atoms with Crippen LogP contribution < -0.4 is 9.80 Å². The van der Waals surface area contributed by atoms with Crippen LogP contribution in [0.15, 0.2) is 201 Å². The molecular formula is C55H38N2S2. The summed E-state index contributed by atoms with van der Waals surface area (Å²) >= 11 is 3.70. The van der Waals surface area contributed by atoms with E-state index in [4.69, 9.17) is 0 Å². The molecule has 11 rings (SSSR count). The molecule has 2 nitrogen and oxygen atoms in total. The van der Waals surface area contributed by atoms with Gasteiger partial charge in [0.2, 0.25) is 0 Å². The minimum Gasteiger partial charge on any atom is -0.310 e. The molecule has 0 aliphatic heterocycles. The molecule has 59 heavy (non-hydrogen) atoms. The number of thiophene rings is 2. The maximum atomic E-state index is 3.94. The molecule has 0 N–H and O–H groups in total. The fraction of sp³-hybridized carbons (Fsp3) is 0.0182. The van der Waals surface area contributed by atoms with Crippen molar-refractivity contribution in [3.05, 3.63) is 211 Å². The van der Waals surface area contributed by atoms with Crippen molar-refractivity contribution in [2.24, 2.45) is 0 Å². The minimum atomic E-state index is 1.11. The summed E-state index contributed by atoms with van der Waals surface area (Å²) < 4.78 is 3.88. The molecule has 0 saturated heterocycles. The van der Waals surface area contributed by atoms with Gasteiger partial charge in [0.25, 0.3) is 0 Å². The van der Waals surface area contributed by atoms with Gasteiger partial charge < -0.3 is 9.80 Å². The number of hydrogen-bond donors (Lipinski definition) is 0. The number of rotatable bonds is 8. The highest BCUT2D eigenvalue weighted by molar-refractivity contribution is 7.25. The second kappa shape index (κ2) is 14.4. The van der Waals surface area contributed by atoms with Crippen molar-refractivity contribution in [3.63, 3.8) is 0 Å². The molecule has 0 amide bonds. The monoisotopic (exact) mass is 790 g/mol. The summed E-state index contributed by atoms with van der Waals surface area (Å²) in [7, 11) is 0. The van der Waals surface area contributed by atoms with Crippen LogP contribution in [-0.4, -0.2) is 0 Å². The molecule has 280 valence electrons. The molecule has 0 atom stereocenters. The Kier molecular flexibility index (Phi) is 8.62. The van der Waals surface area contributed by atoms with E-state index < -0.39 is 0 Å². The number of aryl methyl sites for hydroxylation is 1. The zero-order chi connectivity index (χ0) is 39.5. The van der Waals surface area contributed by atoms with E-state index in [1.807, 2.05) is 34.8 Å². The van der Waals surface area contributed by atoms with E-state index in [1.165, 1.54) is 73.0 Å². The predicted molar refractivity (Wildman–Crippen MR) is 261 cm³/mol. The average Bonchev–Trinajstić information content (AvgIpc) is 3.82. The van der Waals surface area contributed by atoms with Crippen molar-refractivity contribution >= 4 is 125 Å². The molecule has 2 aromatic heterocycles. The number of nitrogens with zero attached hydrogens (tertiary/aromatic N) is 2. The summed E-state index contributed by atoms with van der Waals surface area (Å²) in [6, 6.07) is 66.9. The summed E-state index contributed by atoms with van der Waals surface area (Å²) in [4.78, 5) is 6.19. The van der Waals surface area contributed by atoms with Crippen LogP contribution in [0.3, 0.4) is 0 Å². The first kappa shape index (κ1) is 35.2. The zero-order valence-electron chi connectivity index (χ0n) is 32.5. The van der Waals surface area contributed by atoms with Gasteiger partial charge in [0.05, 0.1) is 11.4 Å². The molecule has 0 radical (unpaired) electrons. The second-order valence-electron chi connectivity index (χ2n) is 14.9. The van der Waals surface area contributed by atoms with Crippen molar-refractivity contribution in [3.8, 4) is 0 Å². The lowest BCUT2D eigenvalue weighted by atomic mass is 9.93. The van der Waals surface area contributed by atoms with Crippen LogP contribution in [0.1, 0.15) is 10.4 Å². The van der Waals surface area contributed by atoms with Gasteiger partial charge in [-0.3, -0.25) is 0 Å². The molecule has 0 spiro atoms. The Morgan fingerprint density at radius 3 is 1.41 bits per heavy atom.